The van der Waals surface area contributed by atoms with Crippen LogP contribution in [0, 0.1) is 5.82 Å². The summed E-state index contributed by atoms with van der Waals surface area (Å²) in [4.78, 5) is 0. The number of hydrogen-bond acceptors (Lipinski definition) is 2. The molecular formula is C14H9ClF4N2. The van der Waals surface area contributed by atoms with Gasteiger partial charge in [-0.2, -0.15) is 18.3 Å². The van der Waals surface area contributed by atoms with E-state index in [-0.39, 0.29) is 0 Å². The second-order valence-electron chi connectivity index (χ2n) is 4.07. The molecule has 0 aromatic heterocycles. The molecule has 0 aliphatic heterocycles. The average Bonchev–Trinajstić information content (AvgIpc) is 2.45. The molecule has 2 rings (SSSR count). The maximum Gasteiger partial charge on any atom is 0.416 e. The van der Waals surface area contributed by atoms with Crippen LogP contribution in [-0.2, 0) is 6.18 Å². The summed E-state index contributed by atoms with van der Waals surface area (Å²) >= 11 is 5.76. The van der Waals surface area contributed by atoms with Crippen molar-refractivity contribution in [2.75, 3.05) is 5.43 Å². The molecule has 2 aromatic carbocycles. The monoisotopic (exact) mass is 316 g/mol. The predicted octanol–water partition coefficient (Wildman–Crippen LogP) is 4.86. The van der Waals surface area contributed by atoms with Gasteiger partial charge in [0, 0.05) is 0 Å². The van der Waals surface area contributed by atoms with Crippen LogP contribution >= 0.6 is 11.6 Å². The number of nitrogens with one attached hydrogen (secondary N) is 1. The van der Waals surface area contributed by atoms with Gasteiger partial charge >= 0.3 is 6.18 Å². The fourth-order valence-corrected chi connectivity index (χ4v) is 1.73. The van der Waals surface area contributed by atoms with Crippen molar-refractivity contribution in [2.45, 2.75) is 6.18 Å². The van der Waals surface area contributed by atoms with Gasteiger partial charge in [-0.1, -0.05) is 29.8 Å². The SMILES string of the molecule is Fc1ccc(C(F)(F)F)cc1C(Cl)=NNc1ccccc1. The number of benzene rings is 2. The average molecular weight is 317 g/mol. The Morgan fingerprint density at radius 2 is 1.71 bits per heavy atom. The minimum absolute atomic E-state index is 0.401. The third-order valence-electron chi connectivity index (χ3n) is 2.57. The van der Waals surface area contributed by atoms with Crippen molar-refractivity contribution < 1.29 is 17.6 Å². The van der Waals surface area contributed by atoms with Gasteiger partial charge in [-0.15, -0.1) is 0 Å². The molecule has 2 nitrogen and oxygen atoms in total. The summed E-state index contributed by atoms with van der Waals surface area (Å²) in [6, 6.07) is 10.6. The lowest BCUT2D eigenvalue weighted by Gasteiger charge is -2.09. The van der Waals surface area contributed by atoms with Crippen LogP contribution in [-0.4, -0.2) is 5.17 Å². The third kappa shape index (κ3) is 3.95. The highest BCUT2D eigenvalue weighted by Crippen LogP contribution is 2.30. The Hall–Kier alpha value is -2.08. The van der Waals surface area contributed by atoms with Crippen LogP contribution in [0.4, 0.5) is 23.2 Å². The van der Waals surface area contributed by atoms with E-state index in [1.54, 1.807) is 30.3 Å². The van der Waals surface area contributed by atoms with Gasteiger partial charge in [-0.25, -0.2) is 4.39 Å². The van der Waals surface area contributed by atoms with Gasteiger partial charge in [-0.3, -0.25) is 5.43 Å². The van der Waals surface area contributed by atoms with E-state index < -0.39 is 28.3 Å². The van der Waals surface area contributed by atoms with E-state index >= 15 is 0 Å². The van der Waals surface area contributed by atoms with Crippen LogP contribution < -0.4 is 5.43 Å². The van der Waals surface area contributed by atoms with Crippen molar-refractivity contribution in [3.8, 4) is 0 Å². The molecule has 21 heavy (non-hydrogen) atoms. The van der Waals surface area contributed by atoms with Gasteiger partial charge in [0.1, 0.15) is 5.82 Å². The molecule has 1 N–H and O–H groups in total. The van der Waals surface area contributed by atoms with E-state index in [1.165, 1.54) is 0 Å². The first-order valence-electron chi connectivity index (χ1n) is 5.79. The number of halogens is 5. The molecule has 0 atom stereocenters. The van der Waals surface area contributed by atoms with E-state index in [0.717, 1.165) is 0 Å². The molecule has 0 fully saturated rings. The first-order chi connectivity index (χ1) is 9.88. The number of hydrogen-bond donors (Lipinski definition) is 1. The molecule has 0 aliphatic rings. The first kappa shape index (κ1) is 15.3. The van der Waals surface area contributed by atoms with E-state index in [4.69, 9.17) is 11.6 Å². The predicted molar refractivity (Wildman–Crippen MR) is 73.9 cm³/mol. The standard InChI is InChI=1S/C14H9ClF4N2/c15-13(21-20-10-4-2-1-3-5-10)11-8-9(14(17,18)19)6-7-12(11)16/h1-8,20H. The molecule has 110 valence electrons. The summed E-state index contributed by atoms with van der Waals surface area (Å²) in [6.07, 6.45) is -4.58. The Bertz CT molecular complexity index is 654. The molecule has 0 amide bonds. The van der Waals surface area contributed by atoms with Gasteiger partial charge in [0.25, 0.3) is 0 Å². The zero-order valence-corrected chi connectivity index (χ0v) is 11.2. The van der Waals surface area contributed by atoms with Crippen LogP contribution in [0.15, 0.2) is 53.6 Å². The number of rotatable bonds is 3. The van der Waals surface area contributed by atoms with Gasteiger partial charge in [0.2, 0.25) is 0 Å². The number of para-hydroxylation sites is 1. The maximum atomic E-state index is 13.6. The van der Waals surface area contributed by atoms with Crippen molar-refractivity contribution in [3.63, 3.8) is 0 Å². The molecule has 0 saturated carbocycles. The fraction of sp³-hybridized carbons (Fsp3) is 0.0714. The summed E-state index contributed by atoms with van der Waals surface area (Å²) < 4.78 is 51.4. The zero-order chi connectivity index (χ0) is 15.5. The highest BCUT2D eigenvalue weighted by atomic mass is 35.5. The minimum atomic E-state index is -4.58. The Morgan fingerprint density at radius 1 is 1.05 bits per heavy atom. The van der Waals surface area contributed by atoms with E-state index in [9.17, 15) is 17.6 Å². The van der Waals surface area contributed by atoms with E-state index in [0.29, 0.717) is 23.9 Å². The largest absolute Gasteiger partial charge is 0.416 e. The molecule has 2 aromatic rings. The topological polar surface area (TPSA) is 24.4 Å². The fourth-order valence-electron chi connectivity index (χ4n) is 1.55. The Morgan fingerprint density at radius 3 is 2.33 bits per heavy atom. The lowest BCUT2D eigenvalue weighted by molar-refractivity contribution is -0.137. The Labute approximate surface area is 123 Å². The van der Waals surface area contributed by atoms with E-state index in [1.807, 2.05) is 0 Å². The minimum Gasteiger partial charge on any atom is -0.277 e. The summed E-state index contributed by atoms with van der Waals surface area (Å²) in [6.45, 7) is 0. The van der Waals surface area contributed by atoms with Crippen molar-refractivity contribution in [3.05, 3.63) is 65.5 Å². The number of hydrazone groups is 1. The van der Waals surface area contributed by atoms with Gasteiger partial charge < -0.3 is 0 Å². The maximum absolute atomic E-state index is 13.6. The summed E-state index contributed by atoms with van der Waals surface area (Å²) in [5.41, 5.74) is 1.69. The molecule has 0 aliphatic carbocycles. The van der Waals surface area contributed by atoms with Crippen LogP contribution in [0.1, 0.15) is 11.1 Å². The van der Waals surface area contributed by atoms with Gasteiger partial charge in [0.05, 0.1) is 16.8 Å². The molecule has 7 heteroatoms. The highest BCUT2D eigenvalue weighted by molar-refractivity contribution is 6.69. The molecule has 0 heterocycles. The highest BCUT2D eigenvalue weighted by Gasteiger charge is 2.31. The first-order valence-corrected chi connectivity index (χ1v) is 6.17. The van der Waals surface area contributed by atoms with Crippen LogP contribution in [0.2, 0.25) is 0 Å². The van der Waals surface area contributed by atoms with Gasteiger partial charge in [-0.05, 0) is 30.3 Å². The molecule has 0 spiro atoms. The summed E-state index contributed by atoms with van der Waals surface area (Å²) in [5, 5.41) is 3.27. The van der Waals surface area contributed by atoms with Crippen LogP contribution in [0.25, 0.3) is 0 Å². The summed E-state index contributed by atoms with van der Waals surface area (Å²) in [7, 11) is 0. The molecule has 0 saturated heterocycles. The van der Waals surface area contributed by atoms with Crippen molar-refractivity contribution in [2.24, 2.45) is 5.10 Å². The number of alkyl halides is 3. The number of anilines is 1. The second-order valence-corrected chi connectivity index (χ2v) is 4.43. The van der Waals surface area contributed by atoms with Crippen molar-refractivity contribution in [1.82, 2.24) is 0 Å². The smallest absolute Gasteiger partial charge is 0.277 e. The van der Waals surface area contributed by atoms with Crippen LogP contribution in [0.3, 0.4) is 0 Å². The lowest BCUT2D eigenvalue weighted by Crippen LogP contribution is -2.08. The number of nitrogens with zero attached hydrogens (tertiary/aromatic N) is 1. The normalized spacial score (nSPS) is 12.3. The molecule has 0 radical (unpaired) electrons. The molecule has 0 unspecified atom stereocenters. The zero-order valence-electron chi connectivity index (χ0n) is 10.5. The second kappa shape index (κ2) is 6.13. The molecular weight excluding hydrogens is 308 g/mol. The van der Waals surface area contributed by atoms with E-state index in [2.05, 4.69) is 10.5 Å². The summed E-state index contributed by atoms with van der Waals surface area (Å²) in [5.74, 6) is -0.883. The Balaban J connectivity index is 2.28. The van der Waals surface area contributed by atoms with Gasteiger partial charge in [0.15, 0.2) is 5.17 Å². The lowest BCUT2D eigenvalue weighted by atomic mass is 10.1. The third-order valence-corrected chi connectivity index (χ3v) is 2.86. The van der Waals surface area contributed by atoms with Crippen molar-refractivity contribution >= 4 is 22.5 Å². The van der Waals surface area contributed by atoms with Crippen molar-refractivity contribution in [1.29, 1.82) is 0 Å². The Kier molecular flexibility index (Phi) is 4.47. The quantitative estimate of drug-likeness (QED) is 0.488. The molecule has 0 bridgehead atoms. The van der Waals surface area contributed by atoms with Crippen LogP contribution in [0.5, 0.6) is 0 Å².